The van der Waals surface area contributed by atoms with E-state index in [0.717, 1.165) is 5.69 Å². The SMILES string of the molecule is O=C(c1ccc(F)cc1)N1CCO[C@H](c2ccccn2)C1. The number of halogens is 1. The number of hydrogen-bond acceptors (Lipinski definition) is 3. The quantitative estimate of drug-likeness (QED) is 0.851. The summed E-state index contributed by atoms with van der Waals surface area (Å²) in [7, 11) is 0. The smallest absolute Gasteiger partial charge is 0.254 e. The molecular weight excluding hydrogens is 271 g/mol. The summed E-state index contributed by atoms with van der Waals surface area (Å²) >= 11 is 0. The van der Waals surface area contributed by atoms with Gasteiger partial charge in [0, 0.05) is 18.3 Å². The molecule has 0 saturated carbocycles. The molecule has 0 bridgehead atoms. The molecule has 108 valence electrons. The molecule has 4 nitrogen and oxygen atoms in total. The minimum absolute atomic E-state index is 0.112. The predicted molar refractivity (Wildman–Crippen MR) is 75.2 cm³/mol. The first-order valence-electron chi connectivity index (χ1n) is 6.81. The summed E-state index contributed by atoms with van der Waals surface area (Å²) in [5.41, 5.74) is 1.30. The minimum Gasteiger partial charge on any atom is -0.368 e. The molecular formula is C16H15FN2O2. The molecule has 1 atom stereocenters. The molecule has 1 aliphatic rings. The molecule has 3 rings (SSSR count). The van der Waals surface area contributed by atoms with Crippen molar-refractivity contribution in [2.45, 2.75) is 6.10 Å². The van der Waals surface area contributed by atoms with Crippen LogP contribution in [0, 0.1) is 5.82 Å². The minimum atomic E-state index is -0.347. The van der Waals surface area contributed by atoms with E-state index in [-0.39, 0.29) is 17.8 Å². The first-order chi connectivity index (χ1) is 10.2. The molecule has 2 aromatic rings. The molecule has 2 heterocycles. The molecule has 1 fully saturated rings. The molecule has 1 aromatic heterocycles. The highest BCUT2D eigenvalue weighted by Gasteiger charge is 2.26. The van der Waals surface area contributed by atoms with E-state index in [1.54, 1.807) is 11.1 Å². The molecule has 21 heavy (non-hydrogen) atoms. The van der Waals surface area contributed by atoms with Crippen molar-refractivity contribution in [3.63, 3.8) is 0 Å². The number of ether oxygens (including phenoxy) is 1. The summed E-state index contributed by atoms with van der Waals surface area (Å²) in [5, 5.41) is 0. The van der Waals surface area contributed by atoms with Gasteiger partial charge in [-0.15, -0.1) is 0 Å². The van der Waals surface area contributed by atoms with E-state index in [9.17, 15) is 9.18 Å². The first-order valence-corrected chi connectivity index (χ1v) is 6.81. The lowest BCUT2D eigenvalue weighted by molar-refractivity contribution is -0.0247. The number of morpholine rings is 1. The Bertz CT molecular complexity index is 616. The van der Waals surface area contributed by atoms with Crippen molar-refractivity contribution >= 4 is 5.91 Å². The zero-order valence-electron chi connectivity index (χ0n) is 11.4. The van der Waals surface area contributed by atoms with Crippen molar-refractivity contribution in [1.29, 1.82) is 0 Å². The number of carbonyl (C=O) groups excluding carboxylic acids is 1. The Kier molecular flexibility index (Phi) is 3.92. The van der Waals surface area contributed by atoms with Crippen molar-refractivity contribution in [3.8, 4) is 0 Å². The van der Waals surface area contributed by atoms with Crippen molar-refractivity contribution in [2.75, 3.05) is 19.7 Å². The highest BCUT2D eigenvalue weighted by atomic mass is 19.1. The second-order valence-corrected chi connectivity index (χ2v) is 4.87. The van der Waals surface area contributed by atoms with E-state index in [4.69, 9.17) is 4.74 Å². The van der Waals surface area contributed by atoms with E-state index in [0.29, 0.717) is 25.3 Å². The van der Waals surface area contributed by atoms with Crippen LogP contribution in [0.2, 0.25) is 0 Å². The summed E-state index contributed by atoms with van der Waals surface area (Å²) in [6.07, 6.45) is 1.49. The fraction of sp³-hybridized carbons (Fsp3) is 0.250. The van der Waals surface area contributed by atoms with Gasteiger partial charge in [-0.3, -0.25) is 9.78 Å². The van der Waals surface area contributed by atoms with Crippen LogP contribution in [-0.4, -0.2) is 35.5 Å². The fourth-order valence-corrected chi connectivity index (χ4v) is 2.35. The van der Waals surface area contributed by atoms with Crippen LogP contribution in [0.25, 0.3) is 0 Å². The molecule has 1 aliphatic heterocycles. The maximum atomic E-state index is 12.9. The number of carbonyl (C=O) groups is 1. The third kappa shape index (κ3) is 3.08. The maximum Gasteiger partial charge on any atom is 0.254 e. The fourth-order valence-electron chi connectivity index (χ4n) is 2.35. The number of aromatic nitrogens is 1. The van der Waals surface area contributed by atoms with Gasteiger partial charge in [0.25, 0.3) is 5.91 Å². The number of rotatable bonds is 2. The van der Waals surface area contributed by atoms with Gasteiger partial charge in [-0.05, 0) is 36.4 Å². The summed E-state index contributed by atoms with van der Waals surface area (Å²) in [4.78, 5) is 18.4. The Morgan fingerprint density at radius 1 is 1.24 bits per heavy atom. The van der Waals surface area contributed by atoms with Crippen LogP contribution in [0.3, 0.4) is 0 Å². The van der Waals surface area contributed by atoms with Gasteiger partial charge in [0.05, 0.1) is 18.8 Å². The lowest BCUT2D eigenvalue weighted by atomic mass is 10.1. The van der Waals surface area contributed by atoms with Crippen molar-refractivity contribution in [3.05, 3.63) is 65.7 Å². The Hall–Kier alpha value is -2.27. The zero-order chi connectivity index (χ0) is 14.7. The molecule has 0 radical (unpaired) electrons. The summed E-state index contributed by atoms with van der Waals surface area (Å²) in [6, 6.07) is 11.2. The van der Waals surface area contributed by atoms with Crippen molar-refractivity contribution in [1.82, 2.24) is 9.88 Å². The van der Waals surface area contributed by atoms with Gasteiger partial charge in [0.2, 0.25) is 0 Å². The van der Waals surface area contributed by atoms with E-state index >= 15 is 0 Å². The molecule has 0 unspecified atom stereocenters. The molecule has 1 aromatic carbocycles. The number of hydrogen-bond donors (Lipinski definition) is 0. The first kappa shape index (κ1) is 13.7. The van der Waals surface area contributed by atoms with Crippen molar-refractivity contribution < 1.29 is 13.9 Å². The molecule has 1 amide bonds. The molecule has 0 N–H and O–H groups in total. The van der Waals surface area contributed by atoms with E-state index in [1.807, 2.05) is 18.2 Å². The number of amides is 1. The van der Waals surface area contributed by atoms with Crippen LogP contribution in [0.1, 0.15) is 22.2 Å². The monoisotopic (exact) mass is 286 g/mol. The topological polar surface area (TPSA) is 42.4 Å². The highest BCUT2D eigenvalue weighted by Crippen LogP contribution is 2.21. The average molecular weight is 286 g/mol. The summed E-state index contributed by atoms with van der Waals surface area (Å²) in [5.74, 6) is -0.459. The van der Waals surface area contributed by atoms with E-state index in [2.05, 4.69) is 4.98 Å². The van der Waals surface area contributed by atoms with Crippen LogP contribution in [-0.2, 0) is 4.74 Å². The number of pyridine rings is 1. The maximum absolute atomic E-state index is 12.9. The molecule has 0 spiro atoms. The van der Waals surface area contributed by atoms with Crippen molar-refractivity contribution in [2.24, 2.45) is 0 Å². The summed E-state index contributed by atoms with van der Waals surface area (Å²) < 4.78 is 18.6. The van der Waals surface area contributed by atoms with Crippen LogP contribution in [0.4, 0.5) is 4.39 Å². The highest BCUT2D eigenvalue weighted by molar-refractivity contribution is 5.94. The second kappa shape index (κ2) is 6.01. The Labute approximate surface area is 122 Å². The summed E-state index contributed by atoms with van der Waals surface area (Å²) in [6.45, 7) is 1.45. The Morgan fingerprint density at radius 2 is 2.05 bits per heavy atom. The van der Waals surface area contributed by atoms with Crippen LogP contribution in [0.15, 0.2) is 48.7 Å². The van der Waals surface area contributed by atoms with Crippen LogP contribution >= 0.6 is 0 Å². The van der Waals surface area contributed by atoms with Gasteiger partial charge >= 0.3 is 0 Å². The lowest BCUT2D eigenvalue weighted by Crippen LogP contribution is -2.42. The van der Waals surface area contributed by atoms with E-state index in [1.165, 1.54) is 24.3 Å². The van der Waals surface area contributed by atoms with Gasteiger partial charge in [-0.25, -0.2) is 4.39 Å². The van der Waals surface area contributed by atoms with Gasteiger partial charge in [0.15, 0.2) is 0 Å². The molecule has 0 aliphatic carbocycles. The van der Waals surface area contributed by atoms with Gasteiger partial charge < -0.3 is 9.64 Å². The largest absolute Gasteiger partial charge is 0.368 e. The van der Waals surface area contributed by atoms with Gasteiger partial charge in [0.1, 0.15) is 11.9 Å². The third-order valence-corrected chi connectivity index (χ3v) is 3.46. The Morgan fingerprint density at radius 3 is 2.76 bits per heavy atom. The lowest BCUT2D eigenvalue weighted by Gasteiger charge is -2.32. The van der Waals surface area contributed by atoms with E-state index < -0.39 is 0 Å². The number of nitrogens with zero attached hydrogens (tertiary/aromatic N) is 2. The van der Waals surface area contributed by atoms with Crippen LogP contribution in [0.5, 0.6) is 0 Å². The standard InChI is InChI=1S/C16H15FN2O2/c17-13-6-4-12(5-7-13)16(20)19-9-10-21-15(11-19)14-3-1-2-8-18-14/h1-8,15H,9-11H2/t15-/m0/s1. The third-order valence-electron chi connectivity index (χ3n) is 3.46. The van der Waals surface area contributed by atoms with Gasteiger partial charge in [-0.2, -0.15) is 0 Å². The second-order valence-electron chi connectivity index (χ2n) is 4.87. The number of benzene rings is 1. The average Bonchev–Trinajstić information content (AvgIpc) is 2.56. The van der Waals surface area contributed by atoms with Crippen LogP contribution < -0.4 is 0 Å². The molecule has 1 saturated heterocycles. The zero-order valence-corrected chi connectivity index (χ0v) is 11.4. The van der Waals surface area contributed by atoms with Gasteiger partial charge in [-0.1, -0.05) is 6.07 Å². The normalized spacial score (nSPS) is 18.5. The Balaban J connectivity index is 1.74. The molecule has 5 heteroatoms. The predicted octanol–water partition coefficient (Wildman–Crippen LogP) is 2.43.